The summed E-state index contributed by atoms with van der Waals surface area (Å²) in [5, 5.41) is 0. The summed E-state index contributed by atoms with van der Waals surface area (Å²) in [5.41, 5.74) is 8.38. The molecular formula is C13H14BrNS. The molecule has 2 N–H and O–H groups in total. The third-order valence-corrected chi connectivity index (χ3v) is 4.90. The SMILES string of the molecule is Cc1cccc(-c2ccc(C(C)N)s2)c1Br. The number of thiophene rings is 1. The second kappa shape index (κ2) is 4.70. The quantitative estimate of drug-likeness (QED) is 0.867. The summed E-state index contributed by atoms with van der Waals surface area (Å²) >= 11 is 5.40. The van der Waals surface area contributed by atoms with E-state index in [4.69, 9.17) is 5.73 Å². The fraction of sp³-hybridized carbons (Fsp3) is 0.231. The van der Waals surface area contributed by atoms with Crippen LogP contribution in [0.5, 0.6) is 0 Å². The van der Waals surface area contributed by atoms with Gasteiger partial charge < -0.3 is 5.73 Å². The van der Waals surface area contributed by atoms with Gasteiger partial charge in [-0.25, -0.2) is 0 Å². The number of aryl methyl sites for hydroxylation is 1. The standard InChI is InChI=1S/C13H14BrNS/c1-8-4-3-5-10(13(8)14)12-7-6-11(16-12)9(2)15/h3-7,9H,15H2,1-2H3. The van der Waals surface area contributed by atoms with Gasteiger partial charge in [0.25, 0.3) is 0 Å². The van der Waals surface area contributed by atoms with Gasteiger partial charge in [-0.3, -0.25) is 0 Å². The van der Waals surface area contributed by atoms with E-state index >= 15 is 0 Å². The second-order valence-electron chi connectivity index (χ2n) is 3.93. The first-order valence-corrected chi connectivity index (χ1v) is 6.81. The van der Waals surface area contributed by atoms with E-state index in [-0.39, 0.29) is 6.04 Å². The van der Waals surface area contributed by atoms with E-state index < -0.39 is 0 Å². The molecule has 0 spiro atoms. The van der Waals surface area contributed by atoms with Crippen LogP contribution >= 0.6 is 27.3 Å². The fourth-order valence-electron chi connectivity index (χ4n) is 1.58. The van der Waals surface area contributed by atoms with Crippen LogP contribution in [-0.4, -0.2) is 0 Å². The van der Waals surface area contributed by atoms with Crippen LogP contribution in [0.3, 0.4) is 0 Å². The Balaban J connectivity index is 2.47. The van der Waals surface area contributed by atoms with Crippen LogP contribution in [0.4, 0.5) is 0 Å². The highest BCUT2D eigenvalue weighted by Gasteiger charge is 2.09. The molecule has 3 heteroatoms. The second-order valence-corrected chi connectivity index (χ2v) is 5.84. The fourth-order valence-corrected chi connectivity index (χ4v) is 3.18. The number of rotatable bonds is 2. The summed E-state index contributed by atoms with van der Waals surface area (Å²) in [5.74, 6) is 0. The normalized spacial score (nSPS) is 12.8. The monoisotopic (exact) mass is 295 g/mol. The van der Waals surface area contributed by atoms with Gasteiger partial charge in [0.15, 0.2) is 0 Å². The average molecular weight is 296 g/mol. The third-order valence-electron chi connectivity index (χ3n) is 2.53. The van der Waals surface area contributed by atoms with Crippen molar-refractivity contribution < 1.29 is 0 Å². The summed E-state index contributed by atoms with van der Waals surface area (Å²) in [6, 6.07) is 10.7. The van der Waals surface area contributed by atoms with Crippen molar-refractivity contribution in [1.82, 2.24) is 0 Å². The van der Waals surface area contributed by atoms with E-state index in [1.54, 1.807) is 11.3 Å². The molecule has 0 aliphatic heterocycles. The largest absolute Gasteiger partial charge is 0.324 e. The molecule has 0 fully saturated rings. The summed E-state index contributed by atoms with van der Waals surface area (Å²) in [7, 11) is 0. The van der Waals surface area contributed by atoms with E-state index in [9.17, 15) is 0 Å². The molecule has 0 aliphatic carbocycles. The van der Waals surface area contributed by atoms with Gasteiger partial charge in [0.05, 0.1) is 0 Å². The molecule has 1 aromatic heterocycles. The van der Waals surface area contributed by atoms with E-state index in [2.05, 4.69) is 53.2 Å². The van der Waals surface area contributed by atoms with Crippen molar-refractivity contribution in [2.45, 2.75) is 19.9 Å². The average Bonchev–Trinajstić information content (AvgIpc) is 2.71. The van der Waals surface area contributed by atoms with Gasteiger partial charge in [-0.1, -0.05) is 18.2 Å². The van der Waals surface area contributed by atoms with Crippen LogP contribution in [0.2, 0.25) is 0 Å². The molecule has 2 aromatic rings. The summed E-state index contributed by atoms with van der Waals surface area (Å²) in [4.78, 5) is 2.49. The van der Waals surface area contributed by atoms with Crippen molar-refractivity contribution in [2.75, 3.05) is 0 Å². The maximum atomic E-state index is 5.87. The molecule has 1 unspecified atom stereocenters. The molecule has 0 radical (unpaired) electrons. The Bertz CT molecular complexity index is 502. The van der Waals surface area contributed by atoms with Gasteiger partial charge >= 0.3 is 0 Å². The molecule has 2 rings (SSSR count). The van der Waals surface area contributed by atoms with Crippen LogP contribution in [-0.2, 0) is 0 Å². The number of benzene rings is 1. The summed E-state index contributed by atoms with van der Waals surface area (Å²) in [6.07, 6.45) is 0. The molecule has 84 valence electrons. The predicted octanol–water partition coefficient (Wildman–Crippen LogP) is 4.51. The molecule has 0 saturated heterocycles. The van der Waals surface area contributed by atoms with Crippen molar-refractivity contribution >= 4 is 27.3 Å². The van der Waals surface area contributed by atoms with E-state index in [0.717, 1.165) is 0 Å². The van der Waals surface area contributed by atoms with Crippen LogP contribution in [0, 0.1) is 6.92 Å². The molecule has 1 aromatic carbocycles. The predicted molar refractivity (Wildman–Crippen MR) is 74.8 cm³/mol. The minimum absolute atomic E-state index is 0.113. The molecule has 0 bridgehead atoms. The van der Waals surface area contributed by atoms with Gasteiger partial charge in [-0.15, -0.1) is 11.3 Å². The first-order valence-electron chi connectivity index (χ1n) is 5.20. The molecule has 16 heavy (non-hydrogen) atoms. The Labute approximate surface area is 108 Å². The molecular weight excluding hydrogens is 282 g/mol. The maximum Gasteiger partial charge on any atom is 0.0361 e. The van der Waals surface area contributed by atoms with Crippen molar-refractivity contribution in [3.8, 4) is 10.4 Å². The molecule has 1 heterocycles. The number of hydrogen-bond donors (Lipinski definition) is 1. The highest BCUT2D eigenvalue weighted by atomic mass is 79.9. The van der Waals surface area contributed by atoms with Crippen molar-refractivity contribution in [3.63, 3.8) is 0 Å². The highest BCUT2D eigenvalue weighted by Crippen LogP contribution is 2.36. The number of hydrogen-bond acceptors (Lipinski definition) is 2. The lowest BCUT2D eigenvalue weighted by molar-refractivity contribution is 0.838. The number of nitrogens with two attached hydrogens (primary N) is 1. The third kappa shape index (κ3) is 2.21. The van der Waals surface area contributed by atoms with Crippen LogP contribution < -0.4 is 5.73 Å². The van der Waals surface area contributed by atoms with Crippen molar-refractivity contribution in [2.24, 2.45) is 5.73 Å². The number of halogens is 1. The Hall–Kier alpha value is -0.640. The highest BCUT2D eigenvalue weighted by molar-refractivity contribution is 9.10. The minimum atomic E-state index is 0.113. The zero-order valence-corrected chi connectivity index (χ0v) is 11.7. The summed E-state index contributed by atoms with van der Waals surface area (Å²) in [6.45, 7) is 4.12. The Morgan fingerprint density at radius 1 is 1.25 bits per heavy atom. The van der Waals surface area contributed by atoms with Crippen molar-refractivity contribution in [1.29, 1.82) is 0 Å². The van der Waals surface area contributed by atoms with Gasteiger partial charge in [0, 0.05) is 25.8 Å². The topological polar surface area (TPSA) is 26.0 Å². The van der Waals surface area contributed by atoms with Crippen molar-refractivity contribution in [3.05, 3.63) is 45.2 Å². The first kappa shape index (κ1) is 11.8. The smallest absolute Gasteiger partial charge is 0.0361 e. The Morgan fingerprint density at radius 3 is 2.62 bits per heavy atom. The Kier molecular flexibility index (Phi) is 3.47. The minimum Gasteiger partial charge on any atom is -0.324 e. The zero-order valence-electron chi connectivity index (χ0n) is 9.33. The van der Waals surface area contributed by atoms with Crippen LogP contribution in [0.25, 0.3) is 10.4 Å². The van der Waals surface area contributed by atoms with E-state index in [1.807, 2.05) is 6.92 Å². The molecule has 1 atom stereocenters. The Morgan fingerprint density at radius 2 is 2.00 bits per heavy atom. The lowest BCUT2D eigenvalue weighted by Crippen LogP contribution is -2.01. The van der Waals surface area contributed by atoms with Gasteiger partial charge in [0.1, 0.15) is 0 Å². The molecule has 0 amide bonds. The van der Waals surface area contributed by atoms with E-state index in [1.165, 1.54) is 25.4 Å². The lowest BCUT2D eigenvalue weighted by atomic mass is 10.1. The first-order chi connectivity index (χ1) is 7.59. The lowest BCUT2D eigenvalue weighted by Gasteiger charge is -2.04. The maximum absolute atomic E-state index is 5.87. The summed E-state index contributed by atoms with van der Waals surface area (Å²) < 4.78 is 1.17. The molecule has 0 saturated carbocycles. The van der Waals surface area contributed by atoms with Gasteiger partial charge in [0.2, 0.25) is 0 Å². The van der Waals surface area contributed by atoms with E-state index in [0.29, 0.717) is 0 Å². The molecule has 0 aliphatic rings. The van der Waals surface area contributed by atoms with Gasteiger partial charge in [-0.05, 0) is 47.5 Å². The van der Waals surface area contributed by atoms with Crippen LogP contribution in [0.15, 0.2) is 34.8 Å². The van der Waals surface area contributed by atoms with Gasteiger partial charge in [-0.2, -0.15) is 0 Å². The van der Waals surface area contributed by atoms with Crippen LogP contribution in [0.1, 0.15) is 23.4 Å². The zero-order chi connectivity index (χ0) is 11.7. The molecule has 1 nitrogen and oxygen atoms in total.